The van der Waals surface area contributed by atoms with Crippen molar-refractivity contribution in [2.75, 3.05) is 0 Å². The molecule has 0 aliphatic heterocycles. The van der Waals surface area contributed by atoms with Crippen LogP contribution >= 0.6 is 0 Å². The molecule has 3 unspecified atom stereocenters. The van der Waals surface area contributed by atoms with Gasteiger partial charge in [-0.15, -0.1) is 0 Å². The molecule has 0 saturated heterocycles. The van der Waals surface area contributed by atoms with E-state index in [1.807, 2.05) is 0 Å². The van der Waals surface area contributed by atoms with Crippen molar-refractivity contribution in [2.24, 2.45) is 69.5 Å². The van der Waals surface area contributed by atoms with Crippen LogP contribution in [0.5, 0.6) is 0 Å². The number of carbonyl (C=O) groups is 3. The fourth-order valence-electron chi connectivity index (χ4n) is 15.1. The second-order valence-electron chi connectivity index (χ2n) is 22.6. The van der Waals surface area contributed by atoms with E-state index in [1.165, 1.54) is 0 Å². The molecule has 76 heavy (non-hydrogen) atoms. The van der Waals surface area contributed by atoms with E-state index in [0.717, 1.165) is 57.8 Å². The van der Waals surface area contributed by atoms with E-state index in [-0.39, 0.29) is 153 Å². The van der Waals surface area contributed by atoms with Crippen LogP contribution in [0.2, 0.25) is 0 Å². The number of alkyl halides is 15. The number of halogens is 15. The number of hydrogen-bond acceptors (Lipinski definition) is 15. The molecule has 0 heterocycles. The zero-order valence-electron chi connectivity index (χ0n) is 39.2. The molecule has 12 rings (SSSR count). The average molecular weight is 1310 g/mol. The van der Waals surface area contributed by atoms with Crippen molar-refractivity contribution in [3.63, 3.8) is 0 Å². The molecule has 0 spiro atoms. The molecule has 12 bridgehead atoms. The van der Waals surface area contributed by atoms with E-state index in [2.05, 4.69) is 14.2 Å². The van der Waals surface area contributed by atoms with Gasteiger partial charge in [0.15, 0.2) is 30.4 Å². The van der Waals surface area contributed by atoms with Crippen molar-refractivity contribution in [1.29, 1.82) is 0 Å². The Bertz CT molecular complexity index is 2190. The molecule has 433 valence electrons. The third-order valence-electron chi connectivity index (χ3n) is 16.9. The normalized spacial score (nSPS) is 35.8. The van der Waals surface area contributed by atoms with Crippen LogP contribution in [0.3, 0.4) is 0 Å². The summed E-state index contributed by atoms with van der Waals surface area (Å²) in [5.74, 6) is -3.24. The van der Waals surface area contributed by atoms with Crippen LogP contribution in [-0.4, -0.2) is 109 Å². The third kappa shape index (κ3) is 12.4. The van der Waals surface area contributed by atoms with Gasteiger partial charge in [0.2, 0.25) is 0 Å². The van der Waals surface area contributed by atoms with Crippen LogP contribution in [0.1, 0.15) is 116 Å². The first-order valence-electron chi connectivity index (χ1n) is 23.6. The predicted molar refractivity (Wildman–Crippen MR) is 214 cm³/mol. The number of ether oxygens (including phenoxy) is 3. The van der Waals surface area contributed by atoms with Crippen LogP contribution < -0.4 is 0 Å². The summed E-state index contributed by atoms with van der Waals surface area (Å²) >= 11 is 0. The third-order valence-corrected chi connectivity index (χ3v) is 19.5. The number of hydrogen-bond donors (Lipinski definition) is 0. The molecular weight excluding hydrogens is 1270 g/mol. The molecule has 0 amide bonds. The summed E-state index contributed by atoms with van der Waals surface area (Å²) in [6.45, 7) is 0. The topological polar surface area (TPSA) is 250 Å². The fraction of sp³-hybridized carbons (Fsp3) is 0.929. The molecule has 0 aromatic carbocycles. The Kier molecular flexibility index (Phi) is 17.3. The van der Waals surface area contributed by atoms with Crippen molar-refractivity contribution < 1.29 is 175 Å². The van der Waals surface area contributed by atoms with E-state index in [4.69, 9.17) is 0 Å². The van der Waals surface area contributed by atoms with E-state index < -0.39 is 117 Å². The van der Waals surface area contributed by atoms with Crippen LogP contribution in [0.4, 0.5) is 65.9 Å². The molecule has 34 heteroatoms. The second kappa shape index (κ2) is 20.7. The molecule has 12 aliphatic rings. The number of carbonyl (C=O) groups excluding carboxylic acids is 3. The van der Waals surface area contributed by atoms with E-state index in [0.29, 0.717) is 0 Å². The standard InChI is InChI=1S/3C14H17F5O5S.Ce/c3*15-13(16,17)10(14(18,19)25(21,22)23)24-11(20)12-4-7-1-8(5-12)3-9(2-7)6-12;/h3*7-10H,1-6H2,(H,21,22,23);/q;;;+3/p-3. The summed E-state index contributed by atoms with van der Waals surface area (Å²) in [6, 6.07) is 0. The summed E-state index contributed by atoms with van der Waals surface area (Å²) in [5, 5.41) is -17.4. The van der Waals surface area contributed by atoms with E-state index >= 15 is 0 Å². The van der Waals surface area contributed by atoms with Gasteiger partial charge in [-0.25, -0.2) is 25.3 Å². The number of esters is 3. The maximum atomic E-state index is 13.5. The maximum absolute atomic E-state index is 13.5. The Morgan fingerprint density at radius 3 is 0.579 bits per heavy atom. The molecule has 12 aliphatic carbocycles. The van der Waals surface area contributed by atoms with Gasteiger partial charge in [0, 0.05) is 0 Å². The number of rotatable bonds is 12. The molecule has 3 atom stereocenters. The van der Waals surface area contributed by atoms with Gasteiger partial charge in [-0.3, -0.25) is 14.4 Å². The molecule has 0 aromatic rings. The van der Waals surface area contributed by atoms with Crippen molar-refractivity contribution in [1.82, 2.24) is 0 Å². The van der Waals surface area contributed by atoms with Gasteiger partial charge >= 0.3 is 93.9 Å². The summed E-state index contributed by atoms with van der Waals surface area (Å²) < 4.78 is 305. The Hall–Kier alpha value is -1.53. The summed E-state index contributed by atoms with van der Waals surface area (Å²) in [6.07, 6.45) is -20.7. The summed E-state index contributed by atoms with van der Waals surface area (Å²) in [4.78, 5) is 37.1. The van der Waals surface area contributed by atoms with Crippen molar-refractivity contribution >= 4 is 48.3 Å². The Balaban J connectivity index is 0.000000184. The molecule has 0 N–H and O–H groups in total. The van der Waals surface area contributed by atoms with Crippen molar-refractivity contribution in [3.8, 4) is 0 Å². The van der Waals surface area contributed by atoms with Crippen LogP contribution in [-0.2, 0) is 58.9 Å². The Morgan fingerprint density at radius 2 is 0.474 bits per heavy atom. The zero-order valence-corrected chi connectivity index (χ0v) is 44.8. The van der Waals surface area contributed by atoms with Gasteiger partial charge in [0.05, 0.1) is 16.2 Å². The van der Waals surface area contributed by atoms with Crippen molar-refractivity contribution in [2.45, 2.75) is 168 Å². The van der Waals surface area contributed by atoms with E-state index in [1.54, 1.807) is 0 Å². The van der Waals surface area contributed by atoms with Crippen LogP contribution in [0, 0.1) is 111 Å². The van der Waals surface area contributed by atoms with Crippen LogP contribution in [0.15, 0.2) is 0 Å². The predicted octanol–water partition coefficient (Wildman–Crippen LogP) is 8.44. The summed E-state index contributed by atoms with van der Waals surface area (Å²) in [5.41, 5.74) is -3.87. The minimum absolute atomic E-state index is 0. The van der Waals surface area contributed by atoms with Gasteiger partial charge < -0.3 is 27.9 Å². The first-order chi connectivity index (χ1) is 33.7. The molecule has 12 fully saturated rings. The van der Waals surface area contributed by atoms with E-state index in [9.17, 15) is 119 Å². The summed E-state index contributed by atoms with van der Waals surface area (Å²) in [7, 11) is -20.0. The molecule has 15 nitrogen and oxygen atoms in total. The molecule has 1 radical (unpaired) electrons. The molecule has 0 aromatic heterocycles. The minimum Gasteiger partial charge on any atom is -0.743 e. The van der Waals surface area contributed by atoms with Crippen LogP contribution in [0.25, 0.3) is 0 Å². The monoisotopic (exact) mass is 1310 g/mol. The fourth-order valence-corrected chi connectivity index (χ4v) is 16.5. The maximum Gasteiger partial charge on any atom is 3.00 e. The Labute approximate surface area is 458 Å². The van der Waals surface area contributed by atoms with Gasteiger partial charge in [-0.1, -0.05) is 0 Å². The second-order valence-corrected chi connectivity index (χ2v) is 27.0. The first-order valence-corrected chi connectivity index (χ1v) is 27.8. The van der Waals surface area contributed by atoms with Gasteiger partial charge in [-0.2, -0.15) is 65.9 Å². The molecular formula is C42H48CeF15O15S3. The Morgan fingerprint density at radius 1 is 0.342 bits per heavy atom. The smallest absolute Gasteiger partial charge is 0.743 e. The van der Waals surface area contributed by atoms with Gasteiger partial charge in [0.25, 0.3) is 18.3 Å². The largest absolute Gasteiger partial charge is 3.00 e. The quantitative estimate of drug-likeness (QED) is 0.0769. The molecule has 12 saturated carbocycles. The van der Waals surface area contributed by atoms with Gasteiger partial charge in [0.1, 0.15) is 0 Å². The van der Waals surface area contributed by atoms with Crippen molar-refractivity contribution in [3.05, 3.63) is 0 Å². The van der Waals surface area contributed by atoms with Gasteiger partial charge in [-0.05, 0) is 169 Å². The average Bonchev–Trinajstić information content (AvgIpc) is 3.20. The minimum atomic E-state index is -6.67. The SMILES string of the molecule is O=C(OC(C(F)(F)F)C(F)(F)S(=O)(=O)[O-])C12CC3CC(CC(C3)C1)C2.O=C(OC(C(F)(F)F)C(F)(F)S(=O)(=O)[O-])C12CC3CC(CC(C3)C1)C2.O=C(OC(C(F)(F)F)C(F)(F)S(=O)(=O)[O-])C12CC3CC(CC(C3)C1)C2.[Ce+3]. The zero-order chi connectivity index (χ0) is 56.5. The first kappa shape index (κ1) is 63.6.